The predicted octanol–water partition coefficient (Wildman–Crippen LogP) is 5.66. The Morgan fingerprint density at radius 1 is 0.975 bits per heavy atom. The van der Waals surface area contributed by atoms with E-state index in [0.717, 1.165) is 40.3 Å². The van der Waals surface area contributed by atoms with E-state index < -0.39 is 10.0 Å². The molecular weight excluding hydrogens is 542 g/mol. The monoisotopic (exact) mass is 575 g/mol. The summed E-state index contributed by atoms with van der Waals surface area (Å²) in [6, 6.07) is 19.5. The van der Waals surface area contributed by atoms with Gasteiger partial charge in [0.15, 0.2) is 5.11 Å². The van der Waals surface area contributed by atoms with Gasteiger partial charge in [-0.1, -0.05) is 12.1 Å². The van der Waals surface area contributed by atoms with Gasteiger partial charge >= 0.3 is 0 Å². The number of aromatic nitrogens is 2. The first-order valence-corrected chi connectivity index (χ1v) is 15.2. The van der Waals surface area contributed by atoms with Crippen molar-refractivity contribution in [2.45, 2.75) is 39.8 Å². The molecule has 1 saturated heterocycles. The van der Waals surface area contributed by atoms with Gasteiger partial charge in [0, 0.05) is 29.0 Å². The normalized spacial score (nSPS) is 17.1. The van der Waals surface area contributed by atoms with Gasteiger partial charge in [0.25, 0.3) is 0 Å². The lowest BCUT2D eigenvalue weighted by Crippen LogP contribution is -2.29. The maximum atomic E-state index is 12.1. The van der Waals surface area contributed by atoms with E-state index in [1.54, 1.807) is 18.3 Å². The second-order valence-corrected chi connectivity index (χ2v) is 12.4. The maximum Gasteiger partial charge on any atom is 0.229 e. The average Bonchev–Trinajstić information content (AvgIpc) is 3.37. The first kappa shape index (κ1) is 27.7. The lowest BCUT2D eigenvalue weighted by Gasteiger charge is -2.29. The summed E-state index contributed by atoms with van der Waals surface area (Å²) in [5.74, 6) is 0.415. The number of anilines is 2. The highest BCUT2D eigenvalue weighted by Crippen LogP contribution is 2.45. The van der Waals surface area contributed by atoms with Crippen molar-refractivity contribution >= 4 is 38.7 Å². The predicted molar refractivity (Wildman–Crippen MR) is 164 cm³/mol. The van der Waals surface area contributed by atoms with Crippen molar-refractivity contribution in [3.63, 3.8) is 0 Å². The third kappa shape index (κ3) is 5.29. The van der Waals surface area contributed by atoms with Crippen LogP contribution in [0.5, 0.6) is 5.75 Å². The summed E-state index contributed by atoms with van der Waals surface area (Å²) in [5.41, 5.74) is 8.71. The van der Waals surface area contributed by atoms with E-state index in [2.05, 4.69) is 71.6 Å². The maximum absolute atomic E-state index is 12.1. The first-order chi connectivity index (χ1) is 19.0. The molecular formula is C30H33N5O3S2. The third-order valence-electron chi connectivity index (χ3n) is 7.11. The molecule has 5 rings (SSSR count). The van der Waals surface area contributed by atoms with Crippen LogP contribution in [0.25, 0.3) is 5.69 Å². The molecule has 3 heterocycles. The van der Waals surface area contributed by atoms with E-state index in [1.165, 1.54) is 18.2 Å². The topological polar surface area (TPSA) is 88.5 Å². The third-order valence-corrected chi connectivity index (χ3v) is 8.01. The second kappa shape index (κ2) is 10.6. The Labute approximate surface area is 241 Å². The summed E-state index contributed by atoms with van der Waals surface area (Å²) in [4.78, 5) is 6.70. The van der Waals surface area contributed by atoms with Crippen molar-refractivity contribution in [3.8, 4) is 11.4 Å². The number of nitrogens with zero attached hydrogens (tertiary/aromatic N) is 3. The molecule has 0 amide bonds. The number of hydrogen-bond donors (Lipinski definition) is 2. The SMILES string of the molecule is COc1ccc(N2C(=S)N[C@@H](c3ccccn3)[C@@H]2c2cc(C)n(-c3cc(C)cc(C)c3)c2C)cc1NS(C)(=O)=O. The number of hydrogen-bond acceptors (Lipinski definition) is 5. The Morgan fingerprint density at radius 3 is 2.33 bits per heavy atom. The Kier molecular flexibility index (Phi) is 7.32. The number of rotatable bonds is 7. The minimum atomic E-state index is -3.54. The van der Waals surface area contributed by atoms with Crippen LogP contribution in [-0.4, -0.2) is 36.4 Å². The zero-order chi connectivity index (χ0) is 28.8. The lowest BCUT2D eigenvalue weighted by molar-refractivity contribution is 0.417. The number of thiocarbonyl (C=S) groups is 1. The van der Waals surface area contributed by atoms with Crippen molar-refractivity contribution in [1.82, 2.24) is 14.9 Å². The van der Waals surface area contributed by atoms with Crippen LogP contribution in [0, 0.1) is 27.7 Å². The first-order valence-electron chi connectivity index (χ1n) is 12.9. The van der Waals surface area contributed by atoms with Crippen molar-refractivity contribution in [2.24, 2.45) is 0 Å². The number of ether oxygens (including phenoxy) is 1. The van der Waals surface area contributed by atoms with Crippen molar-refractivity contribution in [1.29, 1.82) is 0 Å². The van der Waals surface area contributed by atoms with Gasteiger partial charge in [-0.05, 0) is 105 Å². The molecule has 0 spiro atoms. The van der Waals surface area contributed by atoms with Gasteiger partial charge < -0.3 is 19.5 Å². The largest absolute Gasteiger partial charge is 0.495 e. The number of sulfonamides is 1. The molecule has 1 aliphatic rings. The lowest BCUT2D eigenvalue weighted by atomic mass is 9.96. The molecule has 0 saturated carbocycles. The van der Waals surface area contributed by atoms with E-state index in [-0.39, 0.29) is 12.1 Å². The Bertz CT molecular complexity index is 1680. The van der Waals surface area contributed by atoms with Crippen LogP contribution in [0.4, 0.5) is 11.4 Å². The van der Waals surface area contributed by atoms with Gasteiger partial charge in [0.2, 0.25) is 10.0 Å². The van der Waals surface area contributed by atoms with Crippen LogP contribution in [0.1, 0.15) is 45.9 Å². The summed E-state index contributed by atoms with van der Waals surface area (Å²) in [6.45, 7) is 8.45. The molecule has 0 unspecified atom stereocenters. The van der Waals surface area contributed by atoms with Gasteiger partial charge in [-0.2, -0.15) is 0 Å². The fourth-order valence-corrected chi connectivity index (χ4v) is 6.54. The van der Waals surface area contributed by atoms with Crippen molar-refractivity contribution in [3.05, 3.63) is 101 Å². The standard InChI is InChI=1S/C30H33N5O3S2/c1-18-13-19(2)15-23(14-18)34-20(3)16-24(21(34)4)29-28(25-9-7-8-12-31-25)32-30(39)35(29)22-10-11-27(38-5)26(17-22)33-40(6,36)37/h7-17,28-29,33H,1-6H3,(H,32,39)/t28-,29-/m0/s1. The summed E-state index contributed by atoms with van der Waals surface area (Å²) in [5, 5.41) is 4.01. The average molecular weight is 576 g/mol. The number of benzene rings is 2. The molecule has 1 fully saturated rings. The highest BCUT2D eigenvalue weighted by Gasteiger charge is 2.42. The van der Waals surface area contributed by atoms with E-state index in [9.17, 15) is 8.42 Å². The molecule has 2 atom stereocenters. The minimum Gasteiger partial charge on any atom is -0.495 e. The number of aryl methyl sites for hydroxylation is 3. The number of nitrogens with one attached hydrogen (secondary N) is 2. The molecule has 0 aliphatic carbocycles. The van der Waals surface area contributed by atoms with Gasteiger partial charge in [-0.25, -0.2) is 8.42 Å². The second-order valence-electron chi connectivity index (χ2n) is 10.3. The van der Waals surface area contributed by atoms with Crippen LogP contribution >= 0.6 is 12.2 Å². The molecule has 40 heavy (non-hydrogen) atoms. The molecule has 10 heteroatoms. The molecule has 8 nitrogen and oxygen atoms in total. The highest BCUT2D eigenvalue weighted by atomic mass is 32.2. The number of methoxy groups -OCH3 is 1. The molecule has 1 aliphatic heterocycles. The van der Waals surface area contributed by atoms with Crippen LogP contribution in [0.15, 0.2) is 66.9 Å². The van der Waals surface area contributed by atoms with E-state index in [1.807, 2.05) is 29.2 Å². The van der Waals surface area contributed by atoms with Crippen LogP contribution in [0.3, 0.4) is 0 Å². The quantitative estimate of drug-likeness (QED) is 0.275. The zero-order valence-electron chi connectivity index (χ0n) is 23.4. The molecule has 2 aromatic carbocycles. The van der Waals surface area contributed by atoms with Crippen molar-refractivity contribution in [2.75, 3.05) is 23.0 Å². The fourth-order valence-electron chi connectivity index (χ4n) is 5.64. The molecule has 208 valence electrons. The van der Waals surface area contributed by atoms with Gasteiger partial charge in [0.05, 0.1) is 36.8 Å². The summed E-state index contributed by atoms with van der Waals surface area (Å²) >= 11 is 5.91. The Balaban J connectivity index is 1.69. The van der Waals surface area contributed by atoms with Gasteiger partial charge in [-0.15, -0.1) is 0 Å². The summed E-state index contributed by atoms with van der Waals surface area (Å²) < 4.78 is 34.5. The molecule has 2 aromatic heterocycles. The summed E-state index contributed by atoms with van der Waals surface area (Å²) in [7, 11) is -2.03. The minimum absolute atomic E-state index is 0.240. The van der Waals surface area contributed by atoms with E-state index >= 15 is 0 Å². The summed E-state index contributed by atoms with van der Waals surface area (Å²) in [6.07, 6.45) is 2.89. The van der Waals surface area contributed by atoms with Crippen LogP contribution in [0.2, 0.25) is 0 Å². The molecule has 2 N–H and O–H groups in total. The smallest absolute Gasteiger partial charge is 0.229 e. The van der Waals surface area contributed by atoms with Gasteiger partial charge in [0.1, 0.15) is 5.75 Å². The van der Waals surface area contributed by atoms with E-state index in [0.29, 0.717) is 16.5 Å². The van der Waals surface area contributed by atoms with Crippen LogP contribution < -0.4 is 19.7 Å². The molecule has 0 radical (unpaired) electrons. The van der Waals surface area contributed by atoms with E-state index in [4.69, 9.17) is 17.0 Å². The highest BCUT2D eigenvalue weighted by molar-refractivity contribution is 7.92. The number of pyridine rings is 1. The van der Waals surface area contributed by atoms with Crippen molar-refractivity contribution < 1.29 is 13.2 Å². The zero-order valence-corrected chi connectivity index (χ0v) is 25.0. The fraction of sp³-hybridized carbons (Fsp3) is 0.267. The van der Waals surface area contributed by atoms with Gasteiger partial charge in [-0.3, -0.25) is 9.71 Å². The Hall–Kier alpha value is -3.89. The van der Waals surface area contributed by atoms with Crippen LogP contribution in [-0.2, 0) is 10.0 Å². The molecule has 0 bridgehead atoms. The molecule has 4 aromatic rings. The Morgan fingerprint density at radius 2 is 1.70 bits per heavy atom.